The molecule has 0 spiro atoms. The first kappa shape index (κ1) is 20.4. The minimum absolute atomic E-state index is 0.134. The summed E-state index contributed by atoms with van der Waals surface area (Å²) in [5.74, 6) is 1.45. The second kappa shape index (κ2) is 9.72. The third kappa shape index (κ3) is 5.80. The summed E-state index contributed by atoms with van der Waals surface area (Å²) in [6, 6.07) is 0.288. The summed E-state index contributed by atoms with van der Waals surface area (Å²) < 4.78 is 1.75. The number of hydrogen-bond acceptors (Lipinski definition) is 4. The summed E-state index contributed by atoms with van der Waals surface area (Å²) in [7, 11) is 0. The third-order valence-electron chi connectivity index (χ3n) is 6.85. The van der Waals surface area contributed by atoms with E-state index in [1.165, 1.54) is 51.4 Å². The number of carbonyl (C=O) groups excluding carboxylic acids is 2. The van der Waals surface area contributed by atoms with Crippen molar-refractivity contribution in [1.82, 2.24) is 25.2 Å². The fourth-order valence-electron chi connectivity index (χ4n) is 4.83. The molecule has 0 bridgehead atoms. The summed E-state index contributed by atoms with van der Waals surface area (Å²) in [6.07, 6.45) is 15.5. The number of likely N-dealkylation sites (tertiary alicyclic amines) is 1. The van der Waals surface area contributed by atoms with Crippen molar-refractivity contribution >= 4 is 11.8 Å². The molecular formula is C22H35N5O2. The Morgan fingerprint density at radius 3 is 2.59 bits per heavy atom. The molecule has 1 saturated heterocycles. The average molecular weight is 402 g/mol. The first-order valence-corrected chi connectivity index (χ1v) is 11.7. The van der Waals surface area contributed by atoms with Crippen LogP contribution in [0.1, 0.15) is 87.5 Å². The maximum atomic E-state index is 13.0. The second-order valence-electron chi connectivity index (χ2n) is 9.25. The normalized spacial score (nSPS) is 23.2. The first-order valence-electron chi connectivity index (χ1n) is 11.7. The number of aryl methyl sites for hydroxylation is 1. The number of amides is 2. The van der Waals surface area contributed by atoms with E-state index in [-0.39, 0.29) is 11.9 Å². The summed E-state index contributed by atoms with van der Waals surface area (Å²) in [5.41, 5.74) is 0.388. The van der Waals surface area contributed by atoms with Crippen molar-refractivity contribution in [3.63, 3.8) is 0 Å². The molecule has 2 amide bonds. The molecule has 1 N–H and O–H groups in total. The van der Waals surface area contributed by atoms with Gasteiger partial charge >= 0.3 is 0 Å². The van der Waals surface area contributed by atoms with Crippen LogP contribution in [0.3, 0.4) is 0 Å². The van der Waals surface area contributed by atoms with Crippen LogP contribution in [0.15, 0.2) is 6.20 Å². The SMILES string of the molecule is O=C(NCC1CC1)c1cn(CCC2CCCCN2C(=O)CC2CCCCC2)nn1. The van der Waals surface area contributed by atoms with Crippen LogP contribution in [-0.4, -0.2) is 50.8 Å². The van der Waals surface area contributed by atoms with E-state index in [0.717, 1.165) is 38.8 Å². The van der Waals surface area contributed by atoms with Crippen LogP contribution in [0.4, 0.5) is 0 Å². The van der Waals surface area contributed by atoms with Crippen LogP contribution in [0.5, 0.6) is 0 Å². The highest BCUT2D eigenvalue weighted by molar-refractivity contribution is 5.91. The van der Waals surface area contributed by atoms with Gasteiger partial charge in [0.1, 0.15) is 0 Å². The first-order chi connectivity index (χ1) is 14.2. The number of rotatable bonds is 8. The third-order valence-corrected chi connectivity index (χ3v) is 6.85. The van der Waals surface area contributed by atoms with E-state index < -0.39 is 0 Å². The van der Waals surface area contributed by atoms with Gasteiger partial charge in [-0.25, -0.2) is 0 Å². The van der Waals surface area contributed by atoms with E-state index in [2.05, 4.69) is 20.5 Å². The maximum Gasteiger partial charge on any atom is 0.273 e. The van der Waals surface area contributed by atoms with Gasteiger partial charge in [-0.05, 0) is 63.2 Å². The minimum Gasteiger partial charge on any atom is -0.350 e. The Hall–Kier alpha value is -1.92. The Labute approximate surface area is 173 Å². The minimum atomic E-state index is -0.134. The zero-order valence-corrected chi connectivity index (χ0v) is 17.5. The standard InChI is InChI=1S/C22H35N5O2/c28-21(14-17-6-2-1-3-7-17)27-12-5-4-8-19(27)11-13-26-16-20(24-25-26)22(29)23-15-18-9-10-18/h16-19H,1-15H2,(H,23,29). The smallest absolute Gasteiger partial charge is 0.273 e. The zero-order valence-electron chi connectivity index (χ0n) is 17.5. The molecule has 1 atom stereocenters. The van der Waals surface area contributed by atoms with Gasteiger partial charge in [0, 0.05) is 32.1 Å². The topological polar surface area (TPSA) is 80.1 Å². The van der Waals surface area contributed by atoms with Crippen LogP contribution in [0, 0.1) is 11.8 Å². The average Bonchev–Trinajstić information content (AvgIpc) is 3.46. The van der Waals surface area contributed by atoms with Gasteiger partial charge in [0.2, 0.25) is 5.91 Å². The number of nitrogens with zero attached hydrogens (tertiary/aromatic N) is 4. The molecule has 3 aliphatic rings. The van der Waals surface area contributed by atoms with Gasteiger partial charge in [-0.15, -0.1) is 5.10 Å². The van der Waals surface area contributed by atoms with E-state index in [0.29, 0.717) is 30.0 Å². The lowest BCUT2D eigenvalue weighted by Crippen LogP contribution is -2.44. The Morgan fingerprint density at radius 1 is 1.00 bits per heavy atom. The zero-order chi connectivity index (χ0) is 20.1. The summed E-state index contributed by atoms with van der Waals surface area (Å²) in [5, 5.41) is 11.1. The van der Waals surface area contributed by atoms with Crippen LogP contribution < -0.4 is 5.32 Å². The van der Waals surface area contributed by atoms with Crippen molar-refractivity contribution in [3.8, 4) is 0 Å². The van der Waals surface area contributed by atoms with Gasteiger partial charge < -0.3 is 10.2 Å². The molecule has 1 aliphatic heterocycles. The number of piperidine rings is 1. The Kier molecular flexibility index (Phi) is 6.82. The highest BCUT2D eigenvalue weighted by Crippen LogP contribution is 2.29. The molecule has 0 aromatic carbocycles. The van der Waals surface area contributed by atoms with E-state index in [1.807, 2.05) is 0 Å². The van der Waals surface area contributed by atoms with Gasteiger partial charge in [-0.3, -0.25) is 14.3 Å². The molecule has 1 aromatic heterocycles. The van der Waals surface area contributed by atoms with Crippen molar-refractivity contribution in [2.45, 2.75) is 89.6 Å². The van der Waals surface area contributed by atoms with E-state index in [9.17, 15) is 9.59 Å². The van der Waals surface area contributed by atoms with Crippen LogP contribution in [0.2, 0.25) is 0 Å². The lowest BCUT2D eigenvalue weighted by molar-refractivity contribution is -0.136. The number of hydrogen-bond donors (Lipinski definition) is 1. The molecule has 1 unspecified atom stereocenters. The molecular weight excluding hydrogens is 366 g/mol. The van der Waals surface area contributed by atoms with Crippen LogP contribution in [-0.2, 0) is 11.3 Å². The Morgan fingerprint density at radius 2 is 1.79 bits per heavy atom. The van der Waals surface area contributed by atoms with Gasteiger partial charge in [0.15, 0.2) is 5.69 Å². The molecule has 3 fully saturated rings. The number of carbonyl (C=O) groups is 2. The van der Waals surface area contributed by atoms with Crippen LogP contribution >= 0.6 is 0 Å². The molecule has 7 heteroatoms. The van der Waals surface area contributed by atoms with Gasteiger partial charge in [0.25, 0.3) is 5.91 Å². The van der Waals surface area contributed by atoms with E-state index >= 15 is 0 Å². The summed E-state index contributed by atoms with van der Waals surface area (Å²) in [6.45, 7) is 2.33. The van der Waals surface area contributed by atoms with Crippen molar-refractivity contribution < 1.29 is 9.59 Å². The van der Waals surface area contributed by atoms with Gasteiger partial charge in [-0.1, -0.05) is 24.5 Å². The highest BCUT2D eigenvalue weighted by atomic mass is 16.2. The van der Waals surface area contributed by atoms with E-state index in [4.69, 9.17) is 0 Å². The molecule has 160 valence electrons. The van der Waals surface area contributed by atoms with Crippen molar-refractivity contribution in [2.24, 2.45) is 11.8 Å². The maximum absolute atomic E-state index is 13.0. The van der Waals surface area contributed by atoms with Crippen LogP contribution in [0.25, 0.3) is 0 Å². The van der Waals surface area contributed by atoms with Gasteiger partial charge in [-0.2, -0.15) is 0 Å². The van der Waals surface area contributed by atoms with Crippen molar-refractivity contribution in [3.05, 3.63) is 11.9 Å². The molecule has 2 aliphatic carbocycles. The fraction of sp³-hybridized carbons (Fsp3) is 0.818. The quantitative estimate of drug-likeness (QED) is 0.726. The summed E-state index contributed by atoms with van der Waals surface area (Å²) in [4.78, 5) is 27.2. The Balaban J connectivity index is 1.26. The molecule has 2 saturated carbocycles. The highest BCUT2D eigenvalue weighted by Gasteiger charge is 2.29. The molecule has 7 nitrogen and oxygen atoms in total. The number of aromatic nitrogens is 3. The Bertz CT molecular complexity index is 693. The second-order valence-corrected chi connectivity index (χ2v) is 9.25. The molecule has 4 rings (SSSR count). The molecule has 0 radical (unpaired) electrons. The lowest BCUT2D eigenvalue weighted by atomic mass is 9.86. The van der Waals surface area contributed by atoms with Gasteiger partial charge in [0.05, 0.1) is 6.20 Å². The monoisotopic (exact) mass is 401 g/mol. The predicted octanol–water partition coefficient (Wildman–Crippen LogP) is 3.16. The predicted molar refractivity (Wildman–Crippen MR) is 110 cm³/mol. The molecule has 29 heavy (non-hydrogen) atoms. The summed E-state index contributed by atoms with van der Waals surface area (Å²) >= 11 is 0. The lowest BCUT2D eigenvalue weighted by Gasteiger charge is -2.37. The fourth-order valence-corrected chi connectivity index (χ4v) is 4.83. The van der Waals surface area contributed by atoms with Crippen molar-refractivity contribution in [1.29, 1.82) is 0 Å². The molecule has 2 heterocycles. The van der Waals surface area contributed by atoms with Crippen molar-refractivity contribution in [2.75, 3.05) is 13.1 Å². The number of nitrogens with one attached hydrogen (secondary N) is 1. The largest absolute Gasteiger partial charge is 0.350 e. The van der Waals surface area contributed by atoms with E-state index in [1.54, 1.807) is 10.9 Å². The molecule has 1 aromatic rings.